The summed E-state index contributed by atoms with van der Waals surface area (Å²) in [6.07, 6.45) is 1.53. The van der Waals surface area contributed by atoms with E-state index in [1.165, 1.54) is 5.56 Å². The van der Waals surface area contributed by atoms with E-state index < -0.39 is 0 Å². The Morgan fingerprint density at radius 3 is 2.63 bits per heavy atom. The number of piperazine rings is 1. The van der Waals surface area contributed by atoms with Crippen LogP contribution in [0.1, 0.15) is 23.7 Å². The van der Waals surface area contributed by atoms with Gasteiger partial charge in [0.2, 0.25) is 5.91 Å². The number of aromatic amines is 1. The molecule has 6 nitrogen and oxygen atoms in total. The van der Waals surface area contributed by atoms with Gasteiger partial charge in [0.05, 0.1) is 6.04 Å². The first kappa shape index (κ1) is 20.0. The topological polar surface area (TPSA) is 78.1 Å². The van der Waals surface area contributed by atoms with Gasteiger partial charge in [-0.25, -0.2) is 4.98 Å². The molecule has 154 valence electrons. The molecule has 2 heterocycles. The van der Waals surface area contributed by atoms with E-state index in [9.17, 15) is 9.59 Å². The zero-order chi connectivity index (χ0) is 20.9. The van der Waals surface area contributed by atoms with Gasteiger partial charge in [-0.1, -0.05) is 54.6 Å². The minimum absolute atomic E-state index is 0.0492. The fourth-order valence-corrected chi connectivity index (χ4v) is 3.83. The van der Waals surface area contributed by atoms with E-state index in [1.807, 2.05) is 49.4 Å². The van der Waals surface area contributed by atoms with Crippen molar-refractivity contribution in [2.45, 2.75) is 32.4 Å². The Kier molecular flexibility index (Phi) is 6.05. The lowest BCUT2D eigenvalue weighted by Crippen LogP contribution is -2.53. The van der Waals surface area contributed by atoms with Gasteiger partial charge in [0, 0.05) is 37.0 Å². The zero-order valence-electron chi connectivity index (χ0n) is 17.1. The summed E-state index contributed by atoms with van der Waals surface area (Å²) >= 11 is 0. The van der Waals surface area contributed by atoms with Crippen LogP contribution in [0.25, 0.3) is 11.4 Å². The van der Waals surface area contributed by atoms with Gasteiger partial charge in [-0.3, -0.25) is 14.5 Å². The van der Waals surface area contributed by atoms with E-state index in [0.717, 1.165) is 29.8 Å². The Bertz CT molecular complexity index is 1080. The van der Waals surface area contributed by atoms with Crippen molar-refractivity contribution in [1.29, 1.82) is 0 Å². The predicted octanol–water partition coefficient (Wildman–Crippen LogP) is 2.54. The molecule has 1 atom stereocenters. The highest BCUT2D eigenvalue weighted by molar-refractivity contribution is 5.82. The van der Waals surface area contributed by atoms with Gasteiger partial charge in [0.25, 0.3) is 5.56 Å². The lowest BCUT2D eigenvalue weighted by atomic mass is 10.0. The number of aromatic nitrogens is 2. The molecule has 1 saturated heterocycles. The summed E-state index contributed by atoms with van der Waals surface area (Å²) in [5.74, 6) is 0.628. The van der Waals surface area contributed by atoms with Crippen molar-refractivity contribution in [2.75, 3.05) is 13.1 Å². The predicted molar refractivity (Wildman–Crippen MR) is 117 cm³/mol. The fraction of sp³-hybridized carbons (Fsp3) is 0.292. The molecule has 1 aromatic heterocycles. The molecule has 1 unspecified atom stereocenters. The van der Waals surface area contributed by atoms with Gasteiger partial charge in [0.1, 0.15) is 5.82 Å². The number of benzene rings is 2. The molecule has 0 bridgehead atoms. The van der Waals surface area contributed by atoms with Crippen LogP contribution in [0.4, 0.5) is 0 Å². The zero-order valence-corrected chi connectivity index (χ0v) is 17.1. The van der Waals surface area contributed by atoms with E-state index in [0.29, 0.717) is 25.3 Å². The molecule has 0 radical (unpaired) electrons. The Hall–Kier alpha value is -3.25. The van der Waals surface area contributed by atoms with Crippen molar-refractivity contribution >= 4 is 5.91 Å². The standard InChI is InChI=1S/C24H26N4O2/c1-17-24(30)25-13-14-28(17)16-19-9-5-6-10-21(19)23-26-20(15-22(29)27-23)12-11-18-7-3-2-4-8-18/h2-10,15,17H,11-14,16H2,1H3,(H,25,30)(H,26,27,29). The smallest absolute Gasteiger partial charge is 0.251 e. The van der Waals surface area contributed by atoms with Crippen LogP contribution in [0.2, 0.25) is 0 Å². The second-order valence-corrected chi connectivity index (χ2v) is 7.67. The van der Waals surface area contributed by atoms with E-state index in [4.69, 9.17) is 4.98 Å². The molecular formula is C24H26N4O2. The molecule has 1 amide bonds. The fourth-order valence-electron chi connectivity index (χ4n) is 3.83. The number of nitrogens with one attached hydrogen (secondary N) is 2. The number of rotatable bonds is 6. The van der Waals surface area contributed by atoms with E-state index in [-0.39, 0.29) is 17.5 Å². The van der Waals surface area contributed by atoms with Crippen molar-refractivity contribution in [3.05, 3.63) is 87.8 Å². The lowest BCUT2D eigenvalue weighted by molar-refractivity contribution is -0.128. The molecule has 0 aliphatic carbocycles. The maximum Gasteiger partial charge on any atom is 0.251 e. The number of H-pyrrole nitrogens is 1. The molecule has 2 N–H and O–H groups in total. The average Bonchev–Trinajstić information content (AvgIpc) is 2.76. The molecule has 0 spiro atoms. The Morgan fingerprint density at radius 1 is 1.03 bits per heavy atom. The molecule has 6 heteroatoms. The highest BCUT2D eigenvalue weighted by Gasteiger charge is 2.26. The summed E-state index contributed by atoms with van der Waals surface area (Å²) in [6, 6.07) is 19.5. The summed E-state index contributed by atoms with van der Waals surface area (Å²) in [5.41, 5.74) is 3.79. The van der Waals surface area contributed by atoms with Crippen molar-refractivity contribution in [2.24, 2.45) is 0 Å². The first-order valence-corrected chi connectivity index (χ1v) is 10.3. The molecule has 3 aromatic rings. The second kappa shape index (κ2) is 9.05. The van der Waals surface area contributed by atoms with Crippen molar-refractivity contribution in [3.8, 4) is 11.4 Å². The maximum absolute atomic E-state index is 12.3. The Labute approximate surface area is 176 Å². The third kappa shape index (κ3) is 4.66. The molecule has 4 rings (SSSR count). The minimum Gasteiger partial charge on any atom is -0.353 e. The van der Waals surface area contributed by atoms with Crippen molar-refractivity contribution in [3.63, 3.8) is 0 Å². The Morgan fingerprint density at radius 2 is 1.80 bits per heavy atom. The van der Waals surface area contributed by atoms with Crippen LogP contribution in [-0.2, 0) is 24.2 Å². The van der Waals surface area contributed by atoms with E-state index >= 15 is 0 Å². The normalized spacial score (nSPS) is 17.0. The summed E-state index contributed by atoms with van der Waals surface area (Å²) in [4.78, 5) is 34.1. The molecule has 2 aromatic carbocycles. The van der Waals surface area contributed by atoms with Crippen molar-refractivity contribution < 1.29 is 4.79 Å². The minimum atomic E-state index is -0.184. The maximum atomic E-state index is 12.3. The summed E-state index contributed by atoms with van der Waals surface area (Å²) in [7, 11) is 0. The summed E-state index contributed by atoms with van der Waals surface area (Å²) < 4.78 is 0. The number of hydrogen-bond acceptors (Lipinski definition) is 4. The quantitative estimate of drug-likeness (QED) is 0.664. The number of hydrogen-bond donors (Lipinski definition) is 2. The van der Waals surface area contributed by atoms with Crippen LogP contribution in [-0.4, -0.2) is 39.9 Å². The molecular weight excluding hydrogens is 376 g/mol. The SMILES string of the molecule is CC1C(=O)NCCN1Cc1ccccc1-c1nc(CCc2ccccc2)cc(=O)[nH]1. The number of nitrogens with zero attached hydrogens (tertiary/aromatic N) is 2. The van der Waals surface area contributed by atoms with Gasteiger partial charge in [0.15, 0.2) is 0 Å². The van der Waals surface area contributed by atoms with Gasteiger partial charge < -0.3 is 10.3 Å². The Balaban J connectivity index is 1.59. The third-order valence-electron chi connectivity index (χ3n) is 5.58. The van der Waals surface area contributed by atoms with E-state index in [2.05, 4.69) is 27.3 Å². The highest BCUT2D eigenvalue weighted by Crippen LogP contribution is 2.22. The monoisotopic (exact) mass is 402 g/mol. The largest absolute Gasteiger partial charge is 0.353 e. The van der Waals surface area contributed by atoms with Crippen LogP contribution in [0.5, 0.6) is 0 Å². The first-order valence-electron chi connectivity index (χ1n) is 10.3. The van der Waals surface area contributed by atoms with Crippen molar-refractivity contribution in [1.82, 2.24) is 20.2 Å². The molecule has 1 fully saturated rings. The summed E-state index contributed by atoms with van der Waals surface area (Å²) in [6.45, 7) is 3.99. The number of carbonyl (C=O) groups is 1. The van der Waals surface area contributed by atoms with Crippen LogP contribution >= 0.6 is 0 Å². The third-order valence-corrected chi connectivity index (χ3v) is 5.58. The van der Waals surface area contributed by atoms with Crippen LogP contribution in [0.3, 0.4) is 0 Å². The highest BCUT2D eigenvalue weighted by atomic mass is 16.2. The molecule has 1 aliphatic rings. The van der Waals surface area contributed by atoms with Gasteiger partial charge >= 0.3 is 0 Å². The van der Waals surface area contributed by atoms with Crippen LogP contribution in [0, 0.1) is 0 Å². The molecule has 0 saturated carbocycles. The molecule has 1 aliphatic heterocycles. The first-order chi connectivity index (χ1) is 14.6. The van der Waals surface area contributed by atoms with E-state index in [1.54, 1.807) is 6.07 Å². The van der Waals surface area contributed by atoms with Gasteiger partial charge in [-0.15, -0.1) is 0 Å². The number of carbonyl (C=O) groups excluding carboxylic acids is 1. The van der Waals surface area contributed by atoms with Crippen LogP contribution < -0.4 is 10.9 Å². The lowest BCUT2D eigenvalue weighted by Gasteiger charge is -2.33. The second-order valence-electron chi connectivity index (χ2n) is 7.67. The summed E-state index contributed by atoms with van der Waals surface area (Å²) in [5, 5.41) is 2.90. The van der Waals surface area contributed by atoms with Crippen LogP contribution in [0.15, 0.2) is 65.5 Å². The van der Waals surface area contributed by atoms with Gasteiger partial charge in [-0.2, -0.15) is 0 Å². The number of amides is 1. The molecule has 30 heavy (non-hydrogen) atoms. The number of aryl methyl sites for hydroxylation is 2. The van der Waals surface area contributed by atoms with Gasteiger partial charge in [-0.05, 0) is 30.9 Å². The average molecular weight is 402 g/mol.